The number of allylic oxidation sites excluding steroid dienone is 1. The van der Waals surface area contributed by atoms with Gasteiger partial charge in [0.2, 0.25) is 6.35 Å². The van der Waals surface area contributed by atoms with Crippen LogP contribution in [0.25, 0.3) is 0 Å². The Labute approximate surface area is 99.6 Å². The summed E-state index contributed by atoms with van der Waals surface area (Å²) >= 11 is 0. The number of rotatable bonds is 6. The monoisotopic (exact) mass is 264 g/mol. The van der Waals surface area contributed by atoms with Crippen molar-refractivity contribution in [3.8, 4) is 0 Å². The largest absolute Gasteiger partial charge is 0.464 e. The standard InChI is InChI=1S/C9H14NO6P/c1-3-16-9(13)10-7(8(12)15-2)4-5-17(14)6-11/h4,11H,3,5-6H2,1-2H3/p+1/b7-4+. The minimum atomic E-state index is -1.84. The summed E-state index contributed by atoms with van der Waals surface area (Å²) in [4.78, 5) is 22.3. The van der Waals surface area contributed by atoms with Crippen molar-refractivity contribution in [1.82, 2.24) is 5.32 Å². The maximum atomic E-state index is 11.2. The van der Waals surface area contributed by atoms with E-state index in [2.05, 4.69) is 14.8 Å². The molecular formula is C9H15NO6P+. The molecule has 8 heteroatoms. The fourth-order valence-corrected chi connectivity index (χ4v) is 1.33. The molecule has 0 heterocycles. The highest BCUT2D eigenvalue weighted by molar-refractivity contribution is 7.44. The Morgan fingerprint density at radius 1 is 1.47 bits per heavy atom. The number of methoxy groups -OCH3 is 1. The summed E-state index contributed by atoms with van der Waals surface area (Å²) in [6, 6.07) is 0. The molecule has 0 rings (SSSR count). The van der Waals surface area contributed by atoms with Crippen LogP contribution in [0.3, 0.4) is 0 Å². The number of alkyl carbamates (subject to hydrolysis) is 1. The Morgan fingerprint density at radius 3 is 2.59 bits per heavy atom. The average molecular weight is 264 g/mol. The van der Waals surface area contributed by atoms with E-state index in [-0.39, 0.29) is 18.5 Å². The number of hydrogen-bond acceptors (Lipinski definition) is 6. The summed E-state index contributed by atoms with van der Waals surface area (Å²) in [5.74, 6) is -0.778. The first-order chi connectivity index (χ1) is 8.04. The van der Waals surface area contributed by atoms with Gasteiger partial charge in [-0.2, -0.15) is 0 Å². The van der Waals surface area contributed by atoms with Crippen LogP contribution in [0.5, 0.6) is 0 Å². The van der Waals surface area contributed by atoms with Crippen LogP contribution in [0.1, 0.15) is 6.92 Å². The number of nitrogens with one attached hydrogen (secondary N) is 1. The van der Waals surface area contributed by atoms with Crippen LogP contribution in [-0.2, 0) is 18.8 Å². The molecule has 0 fully saturated rings. The lowest BCUT2D eigenvalue weighted by atomic mass is 10.4. The second-order valence-electron chi connectivity index (χ2n) is 2.76. The first-order valence-corrected chi connectivity index (χ1v) is 6.43. The van der Waals surface area contributed by atoms with Gasteiger partial charge in [-0.1, -0.05) is 4.57 Å². The average Bonchev–Trinajstić information content (AvgIpc) is 2.33. The number of amides is 1. The van der Waals surface area contributed by atoms with E-state index in [9.17, 15) is 14.2 Å². The van der Waals surface area contributed by atoms with Gasteiger partial charge in [-0.25, -0.2) is 9.59 Å². The van der Waals surface area contributed by atoms with E-state index in [0.29, 0.717) is 0 Å². The second kappa shape index (κ2) is 8.66. The molecule has 0 saturated carbocycles. The van der Waals surface area contributed by atoms with Crippen molar-refractivity contribution < 1.29 is 28.7 Å². The van der Waals surface area contributed by atoms with E-state index < -0.39 is 26.2 Å². The molecule has 0 bridgehead atoms. The van der Waals surface area contributed by atoms with Gasteiger partial charge in [-0.05, 0) is 13.0 Å². The topological polar surface area (TPSA) is 102 Å². The van der Waals surface area contributed by atoms with Crippen molar-refractivity contribution in [3.05, 3.63) is 11.8 Å². The van der Waals surface area contributed by atoms with Gasteiger partial charge in [0, 0.05) is 0 Å². The van der Waals surface area contributed by atoms with Crippen molar-refractivity contribution in [3.63, 3.8) is 0 Å². The highest BCUT2D eigenvalue weighted by atomic mass is 31.1. The van der Waals surface area contributed by atoms with Gasteiger partial charge in [0.15, 0.2) is 6.16 Å². The molecule has 1 atom stereocenters. The molecule has 96 valence electrons. The Hall–Kier alpha value is -1.46. The van der Waals surface area contributed by atoms with Crippen molar-refractivity contribution >= 4 is 19.9 Å². The summed E-state index contributed by atoms with van der Waals surface area (Å²) in [6.07, 6.45) is -0.108. The highest BCUT2D eigenvalue weighted by Gasteiger charge is 2.17. The van der Waals surface area contributed by atoms with Crippen LogP contribution in [0.4, 0.5) is 4.79 Å². The fourth-order valence-electron chi connectivity index (χ4n) is 0.823. The van der Waals surface area contributed by atoms with Gasteiger partial charge in [0.05, 0.1) is 13.7 Å². The quantitative estimate of drug-likeness (QED) is 0.413. The van der Waals surface area contributed by atoms with Crippen LogP contribution in [-0.4, -0.2) is 43.4 Å². The molecule has 0 aliphatic carbocycles. The zero-order valence-corrected chi connectivity index (χ0v) is 10.5. The Morgan fingerprint density at radius 2 is 2.12 bits per heavy atom. The SMILES string of the molecule is CCOC(=O)N/C(=C/C[P+](=O)CO)C(=O)OC. The first kappa shape index (κ1) is 15.5. The van der Waals surface area contributed by atoms with Crippen LogP contribution >= 0.6 is 7.80 Å². The Kier molecular flexibility index (Phi) is 7.92. The summed E-state index contributed by atoms with van der Waals surface area (Å²) in [6.45, 7) is 1.77. The van der Waals surface area contributed by atoms with Gasteiger partial charge >= 0.3 is 19.9 Å². The lowest BCUT2D eigenvalue weighted by molar-refractivity contribution is -0.136. The summed E-state index contributed by atoms with van der Waals surface area (Å²) < 4.78 is 20.0. The predicted octanol–water partition coefficient (Wildman–Crippen LogP) is 0.567. The maximum Gasteiger partial charge on any atom is 0.411 e. The van der Waals surface area contributed by atoms with E-state index in [1.54, 1.807) is 6.92 Å². The summed E-state index contributed by atoms with van der Waals surface area (Å²) in [5, 5.41) is 10.7. The van der Waals surface area contributed by atoms with Crippen molar-refractivity contribution in [2.75, 3.05) is 26.2 Å². The van der Waals surface area contributed by atoms with Crippen molar-refractivity contribution in [2.45, 2.75) is 6.92 Å². The lowest BCUT2D eigenvalue weighted by Crippen LogP contribution is -2.28. The Bertz CT molecular complexity index is 327. The van der Waals surface area contributed by atoms with Gasteiger partial charge in [-0.15, -0.1) is 0 Å². The molecule has 7 nitrogen and oxygen atoms in total. The smallest absolute Gasteiger partial charge is 0.411 e. The first-order valence-electron chi connectivity index (χ1n) is 4.80. The molecule has 0 saturated heterocycles. The normalized spacial score (nSPS) is 11.7. The minimum Gasteiger partial charge on any atom is -0.464 e. The molecule has 0 aliphatic heterocycles. The van der Waals surface area contributed by atoms with E-state index >= 15 is 0 Å². The van der Waals surface area contributed by atoms with Gasteiger partial charge in [0.25, 0.3) is 0 Å². The number of carbonyl (C=O) groups excluding carboxylic acids is 2. The maximum absolute atomic E-state index is 11.2. The molecule has 0 radical (unpaired) electrons. The van der Waals surface area contributed by atoms with Crippen LogP contribution in [0.2, 0.25) is 0 Å². The van der Waals surface area contributed by atoms with Gasteiger partial charge < -0.3 is 14.6 Å². The number of ether oxygens (including phenoxy) is 2. The van der Waals surface area contributed by atoms with Crippen molar-refractivity contribution in [2.24, 2.45) is 0 Å². The highest BCUT2D eigenvalue weighted by Crippen LogP contribution is 2.18. The molecule has 0 aromatic heterocycles. The van der Waals surface area contributed by atoms with Crippen LogP contribution in [0.15, 0.2) is 11.8 Å². The number of aliphatic hydroxyl groups excluding tert-OH is 1. The zero-order chi connectivity index (χ0) is 13.3. The van der Waals surface area contributed by atoms with E-state index in [4.69, 9.17) is 5.11 Å². The second-order valence-corrected chi connectivity index (χ2v) is 4.37. The van der Waals surface area contributed by atoms with Crippen molar-refractivity contribution in [1.29, 1.82) is 0 Å². The molecule has 0 spiro atoms. The third-order valence-electron chi connectivity index (χ3n) is 1.57. The number of aliphatic hydroxyl groups is 1. The molecule has 17 heavy (non-hydrogen) atoms. The molecule has 0 aromatic rings. The van der Waals surface area contributed by atoms with E-state index in [0.717, 1.165) is 7.11 Å². The number of hydrogen-bond donors (Lipinski definition) is 2. The zero-order valence-electron chi connectivity index (χ0n) is 9.63. The number of carbonyl (C=O) groups is 2. The third-order valence-corrected chi connectivity index (χ3v) is 2.48. The fraction of sp³-hybridized carbons (Fsp3) is 0.556. The Balaban J connectivity index is 4.59. The molecule has 1 unspecified atom stereocenters. The molecular weight excluding hydrogens is 249 g/mol. The molecule has 1 amide bonds. The molecule has 0 aliphatic rings. The van der Waals surface area contributed by atoms with Gasteiger partial charge in [0.1, 0.15) is 5.70 Å². The summed E-state index contributed by atoms with van der Waals surface area (Å²) in [5.41, 5.74) is -0.164. The van der Waals surface area contributed by atoms with Gasteiger partial charge in [-0.3, -0.25) is 5.32 Å². The van der Waals surface area contributed by atoms with Crippen LogP contribution in [0, 0.1) is 0 Å². The predicted molar refractivity (Wildman–Crippen MR) is 59.8 cm³/mol. The minimum absolute atomic E-state index is 0.0390. The number of esters is 1. The third kappa shape index (κ3) is 6.65. The summed E-state index contributed by atoms with van der Waals surface area (Å²) in [7, 11) is -0.696. The molecule has 2 N–H and O–H groups in total. The van der Waals surface area contributed by atoms with Crippen LogP contribution < -0.4 is 5.32 Å². The van der Waals surface area contributed by atoms with E-state index in [1.807, 2.05) is 0 Å². The molecule has 0 aromatic carbocycles. The van der Waals surface area contributed by atoms with E-state index in [1.165, 1.54) is 6.08 Å². The lowest BCUT2D eigenvalue weighted by Gasteiger charge is -2.06.